The van der Waals surface area contributed by atoms with Gasteiger partial charge in [0.1, 0.15) is 5.82 Å². The minimum atomic E-state index is -0.192. The van der Waals surface area contributed by atoms with E-state index in [1.807, 2.05) is 12.4 Å². The van der Waals surface area contributed by atoms with Crippen molar-refractivity contribution in [1.82, 2.24) is 9.55 Å². The highest BCUT2D eigenvalue weighted by Gasteiger charge is 2.30. The van der Waals surface area contributed by atoms with Crippen molar-refractivity contribution in [2.24, 2.45) is 5.92 Å². The van der Waals surface area contributed by atoms with Crippen molar-refractivity contribution >= 4 is 0 Å². The Morgan fingerprint density at radius 1 is 1.33 bits per heavy atom. The van der Waals surface area contributed by atoms with Crippen LogP contribution in [0.4, 0.5) is 0 Å². The molecule has 0 saturated heterocycles. The van der Waals surface area contributed by atoms with E-state index in [0.717, 1.165) is 37.4 Å². The van der Waals surface area contributed by atoms with Gasteiger partial charge in [0, 0.05) is 18.8 Å². The summed E-state index contributed by atoms with van der Waals surface area (Å²) in [5, 5.41) is 10.3. The van der Waals surface area contributed by atoms with Crippen LogP contribution < -0.4 is 0 Å². The zero-order chi connectivity index (χ0) is 13.0. The summed E-state index contributed by atoms with van der Waals surface area (Å²) in [6.45, 7) is 4.43. The van der Waals surface area contributed by atoms with Gasteiger partial charge in [0.25, 0.3) is 0 Å². The molecule has 3 unspecified atom stereocenters. The van der Waals surface area contributed by atoms with Crippen molar-refractivity contribution in [1.29, 1.82) is 0 Å². The van der Waals surface area contributed by atoms with E-state index in [1.165, 1.54) is 19.3 Å². The summed E-state index contributed by atoms with van der Waals surface area (Å²) in [5.41, 5.74) is 0. The van der Waals surface area contributed by atoms with Crippen LogP contribution in [0.25, 0.3) is 0 Å². The number of aromatic nitrogens is 2. The predicted octanol–water partition coefficient (Wildman–Crippen LogP) is 3.34. The predicted molar refractivity (Wildman–Crippen MR) is 73.5 cm³/mol. The zero-order valence-electron chi connectivity index (χ0n) is 11.7. The molecule has 1 aromatic heterocycles. The number of aliphatic hydroxyl groups excluding tert-OH is 1. The number of hydrogen-bond donors (Lipinski definition) is 1. The van der Waals surface area contributed by atoms with Crippen molar-refractivity contribution in [3.63, 3.8) is 0 Å². The molecule has 1 heterocycles. The number of hydrogen-bond acceptors (Lipinski definition) is 2. The van der Waals surface area contributed by atoms with Gasteiger partial charge in [0.05, 0.1) is 12.1 Å². The third-order valence-corrected chi connectivity index (χ3v) is 4.17. The molecule has 3 nitrogen and oxygen atoms in total. The Morgan fingerprint density at radius 2 is 2.17 bits per heavy atom. The molecule has 0 amide bonds. The summed E-state index contributed by atoms with van der Waals surface area (Å²) >= 11 is 0. The average Bonchev–Trinajstić information content (AvgIpc) is 2.81. The van der Waals surface area contributed by atoms with Gasteiger partial charge in [0.2, 0.25) is 0 Å². The van der Waals surface area contributed by atoms with Crippen LogP contribution in [0.1, 0.15) is 64.2 Å². The first-order chi connectivity index (χ1) is 8.76. The Kier molecular flexibility index (Phi) is 4.81. The highest BCUT2D eigenvalue weighted by Crippen LogP contribution is 2.35. The van der Waals surface area contributed by atoms with E-state index in [1.54, 1.807) is 0 Å². The smallest absolute Gasteiger partial charge is 0.108 e. The molecule has 3 atom stereocenters. The lowest BCUT2D eigenvalue weighted by molar-refractivity contribution is 0.0508. The molecule has 0 aromatic carbocycles. The summed E-state index contributed by atoms with van der Waals surface area (Å²) in [6.07, 6.45) is 11.6. The molecule has 1 N–H and O–H groups in total. The Bertz CT molecular complexity index is 361. The Hall–Kier alpha value is -0.830. The van der Waals surface area contributed by atoms with Crippen LogP contribution in [0.3, 0.4) is 0 Å². The van der Waals surface area contributed by atoms with E-state index in [0.29, 0.717) is 0 Å². The van der Waals surface area contributed by atoms with Gasteiger partial charge in [-0.3, -0.25) is 0 Å². The van der Waals surface area contributed by atoms with Crippen LogP contribution in [0, 0.1) is 5.92 Å². The van der Waals surface area contributed by atoms with Crippen molar-refractivity contribution in [3.05, 3.63) is 18.2 Å². The van der Waals surface area contributed by atoms with Crippen molar-refractivity contribution in [2.75, 3.05) is 0 Å². The number of imidazole rings is 1. The quantitative estimate of drug-likeness (QED) is 0.870. The molecule has 18 heavy (non-hydrogen) atoms. The summed E-state index contributed by atoms with van der Waals surface area (Å²) in [5.74, 6) is 1.92. The fourth-order valence-corrected chi connectivity index (χ4v) is 3.25. The molecule has 1 aliphatic carbocycles. The summed E-state index contributed by atoms with van der Waals surface area (Å²) in [4.78, 5) is 4.44. The third-order valence-electron chi connectivity index (χ3n) is 4.17. The molecule has 102 valence electrons. The minimum Gasteiger partial charge on any atom is -0.391 e. The largest absolute Gasteiger partial charge is 0.391 e. The number of aryl methyl sites for hydroxylation is 1. The lowest BCUT2D eigenvalue weighted by Crippen LogP contribution is -2.32. The highest BCUT2D eigenvalue weighted by atomic mass is 16.3. The number of aliphatic hydroxyl groups is 1. The van der Waals surface area contributed by atoms with E-state index >= 15 is 0 Å². The van der Waals surface area contributed by atoms with E-state index in [-0.39, 0.29) is 12.1 Å². The van der Waals surface area contributed by atoms with Gasteiger partial charge in [-0.05, 0) is 31.6 Å². The number of rotatable bonds is 5. The fraction of sp³-hybridized carbons (Fsp3) is 0.800. The SMILES string of the molecule is CCCc1nccn1C1CC(CCC)CCC1O. The molecule has 0 bridgehead atoms. The maximum atomic E-state index is 10.3. The monoisotopic (exact) mass is 250 g/mol. The topological polar surface area (TPSA) is 38.0 Å². The van der Waals surface area contributed by atoms with E-state index in [2.05, 4.69) is 23.4 Å². The molecule has 1 saturated carbocycles. The Labute approximate surface area is 110 Å². The minimum absolute atomic E-state index is 0.192. The first-order valence-electron chi connectivity index (χ1n) is 7.46. The van der Waals surface area contributed by atoms with Crippen LogP contribution in [0.15, 0.2) is 12.4 Å². The molecule has 1 aromatic rings. The molecule has 3 heteroatoms. The Morgan fingerprint density at radius 3 is 2.89 bits per heavy atom. The lowest BCUT2D eigenvalue weighted by atomic mass is 9.81. The van der Waals surface area contributed by atoms with Crippen molar-refractivity contribution < 1.29 is 5.11 Å². The first-order valence-corrected chi connectivity index (χ1v) is 7.46. The van der Waals surface area contributed by atoms with Gasteiger partial charge < -0.3 is 9.67 Å². The fourth-order valence-electron chi connectivity index (χ4n) is 3.25. The third kappa shape index (κ3) is 2.94. The molecular weight excluding hydrogens is 224 g/mol. The summed E-state index contributed by atoms with van der Waals surface area (Å²) < 4.78 is 2.23. The summed E-state index contributed by atoms with van der Waals surface area (Å²) in [7, 11) is 0. The molecule has 0 radical (unpaired) electrons. The maximum Gasteiger partial charge on any atom is 0.108 e. The van der Waals surface area contributed by atoms with Crippen LogP contribution in [0.5, 0.6) is 0 Å². The highest BCUT2D eigenvalue weighted by molar-refractivity contribution is 4.98. The molecule has 0 spiro atoms. The Balaban J connectivity index is 2.11. The van der Waals surface area contributed by atoms with E-state index in [4.69, 9.17) is 0 Å². The second-order valence-corrected chi connectivity index (χ2v) is 5.60. The normalized spacial score (nSPS) is 28.5. The summed E-state index contributed by atoms with van der Waals surface area (Å²) in [6, 6.07) is 0.249. The van der Waals surface area contributed by atoms with Crippen LogP contribution in [-0.2, 0) is 6.42 Å². The number of nitrogens with zero attached hydrogens (tertiary/aromatic N) is 2. The van der Waals surface area contributed by atoms with Crippen LogP contribution in [0.2, 0.25) is 0 Å². The second-order valence-electron chi connectivity index (χ2n) is 5.60. The average molecular weight is 250 g/mol. The first kappa shape index (κ1) is 13.6. The lowest BCUT2D eigenvalue weighted by Gasteiger charge is -2.35. The van der Waals surface area contributed by atoms with Gasteiger partial charge in [-0.25, -0.2) is 4.98 Å². The molecular formula is C15H26N2O. The van der Waals surface area contributed by atoms with Crippen molar-refractivity contribution in [2.45, 2.75) is 70.9 Å². The van der Waals surface area contributed by atoms with Crippen LogP contribution >= 0.6 is 0 Å². The molecule has 1 aliphatic rings. The molecule has 2 rings (SSSR count). The zero-order valence-corrected chi connectivity index (χ0v) is 11.7. The van der Waals surface area contributed by atoms with Crippen LogP contribution in [-0.4, -0.2) is 20.8 Å². The molecule has 1 fully saturated rings. The van der Waals surface area contributed by atoms with E-state index < -0.39 is 0 Å². The van der Waals surface area contributed by atoms with Gasteiger partial charge in [-0.1, -0.05) is 26.7 Å². The second kappa shape index (κ2) is 6.37. The van der Waals surface area contributed by atoms with Crippen molar-refractivity contribution in [3.8, 4) is 0 Å². The van der Waals surface area contributed by atoms with E-state index in [9.17, 15) is 5.11 Å². The van der Waals surface area contributed by atoms with Gasteiger partial charge in [-0.2, -0.15) is 0 Å². The molecule has 0 aliphatic heterocycles. The van der Waals surface area contributed by atoms with Gasteiger partial charge in [-0.15, -0.1) is 0 Å². The van der Waals surface area contributed by atoms with Gasteiger partial charge >= 0.3 is 0 Å². The standard InChI is InChI=1S/C15H26N2O/c1-3-5-12-7-8-14(18)13(11-12)17-10-9-16-15(17)6-4-2/h9-10,12-14,18H,3-8,11H2,1-2H3. The maximum absolute atomic E-state index is 10.3. The van der Waals surface area contributed by atoms with Gasteiger partial charge in [0.15, 0.2) is 0 Å².